The molecule has 0 saturated heterocycles. The Morgan fingerprint density at radius 1 is 1.42 bits per heavy atom. The number of ketones is 1. The van der Waals surface area contributed by atoms with Crippen molar-refractivity contribution in [2.24, 2.45) is 5.92 Å². The lowest BCUT2D eigenvalue weighted by Gasteiger charge is -2.06. The molecule has 24 heavy (non-hydrogen) atoms. The van der Waals surface area contributed by atoms with Crippen LogP contribution in [-0.2, 0) is 6.42 Å². The van der Waals surface area contributed by atoms with Crippen molar-refractivity contribution in [1.82, 2.24) is 15.2 Å². The van der Waals surface area contributed by atoms with Crippen molar-refractivity contribution >= 4 is 17.5 Å². The summed E-state index contributed by atoms with van der Waals surface area (Å²) in [4.78, 5) is 16.7. The van der Waals surface area contributed by atoms with E-state index in [1.54, 1.807) is 0 Å². The Morgan fingerprint density at radius 2 is 2.21 bits per heavy atom. The van der Waals surface area contributed by atoms with Gasteiger partial charge in [0.05, 0.1) is 18.4 Å². The van der Waals surface area contributed by atoms with Crippen LogP contribution in [0.25, 0.3) is 0 Å². The van der Waals surface area contributed by atoms with Crippen LogP contribution in [0.4, 0.5) is 4.39 Å². The summed E-state index contributed by atoms with van der Waals surface area (Å²) in [6.07, 6.45) is 6.01. The van der Waals surface area contributed by atoms with E-state index in [1.165, 1.54) is 62.8 Å². The minimum absolute atomic E-state index is 0.139. The standard InChI is InChI=1S/C17H20FN3O2S/c1-23-15-7-6-12(18)9-13(15)14(22)10-24-17-19-16(20-21-17)8-11-4-2-3-5-11/h6-7,9,11H,2-5,8,10H2,1H3,(H,19,20,21). The molecule has 3 rings (SSSR count). The first-order valence-corrected chi connectivity index (χ1v) is 9.05. The summed E-state index contributed by atoms with van der Waals surface area (Å²) in [5.41, 5.74) is 0.242. The third-order valence-corrected chi connectivity index (χ3v) is 5.11. The SMILES string of the molecule is COc1ccc(F)cc1C(=O)CSc1n[nH]c(CC2CCCC2)n1. The summed E-state index contributed by atoms with van der Waals surface area (Å²) in [6, 6.07) is 3.93. The molecular formula is C17H20FN3O2S. The quantitative estimate of drug-likeness (QED) is 0.610. The fourth-order valence-electron chi connectivity index (χ4n) is 3.03. The number of thioether (sulfide) groups is 1. The molecule has 0 unspecified atom stereocenters. The molecular weight excluding hydrogens is 329 g/mol. The summed E-state index contributed by atoms with van der Waals surface area (Å²) in [6.45, 7) is 0. The van der Waals surface area contributed by atoms with Crippen LogP contribution in [0, 0.1) is 11.7 Å². The molecule has 5 nitrogen and oxygen atoms in total. The van der Waals surface area contributed by atoms with Gasteiger partial charge >= 0.3 is 0 Å². The number of nitrogens with zero attached hydrogens (tertiary/aromatic N) is 2. The first kappa shape index (κ1) is 17.0. The number of carbonyl (C=O) groups excluding carboxylic acids is 1. The molecule has 1 aromatic heterocycles. The van der Waals surface area contributed by atoms with E-state index in [4.69, 9.17) is 4.74 Å². The first-order valence-electron chi connectivity index (χ1n) is 8.06. The Hall–Kier alpha value is -1.89. The van der Waals surface area contributed by atoms with Crippen molar-refractivity contribution in [1.29, 1.82) is 0 Å². The van der Waals surface area contributed by atoms with Gasteiger partial charge < -0.3 is 4.74 Å². The molecule has 0 amide bonds. The van der Waals surface area contributed by atoms with Gasteiger partial charge in [-0.25, -0.2) is 9.37 Å². The van der Waals surface area contributed by atoms with Gasteiger partial charge in [0.15, 0.2) is 5.78 Å². The van der Waals surface area contributed by atoms with Crippen molar-refractivity contribution in [3.63, 3.8) is 0 Å². The molecule has 0 bridgehead atoms. The lowest BCUT2D eigenvalue weighted by Crippen LogP contribution is -2.06. The van der Waals surface area contributed by atoms with Gasteiger partial charge in [-0.1, -0.05) is 37.4 Å². The summed E-state index contributed by atoms with van der Waals surface area (Å²) < 4.78 is 18.5. The largest absolute Gasteiger partial charge is 0.496 e. The van der Waals surface area contributed by atoms with Crippen LogP contribution in [0.3, 0.4) is 0 Å². The number of hydrogen-bond donors (Lipinski definition) is 1. The summed E-state index contributed by atoms with van der Waals surface area (Å²) in [5, 5.41) is 7.65. The zero-order valence-electron chi connectivity index (χ0n) is 13.5. The second-order valence-electron chi connectivity index (χ2n) is 5.98. The highest BCUT2D eigenvalue weighted by Crippen LogP contribution is 2.28. The number of rotatable bonds is 7. The fraction of sp³-hybridized carbons (Fsp3) is 0.471. The number of ether oxygens (including phenoxy) is 1. The van der Waals surface area contributed by atoms with Crippen molar-refractivity contribution in [3.8, 4) is 5.75 Å². The third kappa shape index (κ3) is 4.14. The molecule has 7 heteroatoms. The van der Waals surface area contributed by atoms with Gasteiger partial charge in [-0.2, -0.15) is 0 Å². The Balaban J connectivity index is 1.58. The zero-order chi connectivity index (χ0) is 16.9. The molecule has 0 atom stereocenters. The highest BCUT2D eigenvalue weighted by molar-refractivity contribution is 7.99. The molecule has 1 fully saturated rings. The van der Waals surface area contributed by atoms with Gasteiger partial charge in [-0.15, -0.1) is 5.10 Å². The Bertz CT molecular complexity index is 714. The van der Waals surface area contributed by atoms with E-state index >= 15 is 0 Å². The van der Waals surface area contributed by atoms with E-state index in [-0.39, 0.29) is 17.1 Å². The van der Waals surface area contributed by atoms with E-state index in [0.29, 0.717) is 16.8 Å². The van der Waals surface area contributed by atoms with Crippen LogP contribution in [0.15, 0.2) is 23.4 Å². The van der Waals surface area contributed by atoms with E-state index in [1.807, 2.05) is 0 Å². The van der Waals surface area contributed by atoms with Crippen LogP contribution >= 0.6 is 11.8 Å². The maximum Gasteiger partial charge on any atom is 0.208 e. The second kappa shape index (κ2) is 7.79. The Labute approximate surface area is 144 Å². The van der Waals surface area contributed by atoms with Crippen LogP contribution in [0.1, 0.15) is 41.9 Å². The van der Waals surface area contributed by atoms with Crippen molar-refractivity contribution in [3.05, 3.63) is 35.4 Å². The Morgan fingerprint density at radius 3 is 2.96 bits per heavy atom. The van der Waals surface area contributed by atoms with Gasteiger partial charge in [0.1, 0.15) is 17.4 Å². The average Bonchev–Trinajstić information content (AvgIpc) is 3.25. The molecule has 0 radical (unpaired) electrons. The van der Waals surface area contributed by atoms with Gasteiger partial charge in [-0.3, -0.25) is 9.89 Å². The Kier molecular flexibility index (Phi) is 5.50. The number of nitrogens with one attached hydrogen (secondary N) is 1. The minimum atomic E-state index is -0.458. The molecule has 2 aromatic rings. The lowest BCUT2D eigenvalue weighted by molar-refractivity contribution is 0.101. The number of carbonyl (C=O) groups is 1. The number of benzene rings is 1. The highest BCUT2D eigenvalue weighted by Gasteiger charge is 2.18. The number of methoxy groups -OCH3 is 1. The number of Topliss-reactive ketones (excluding diaryl/α,β-unsaturated/α-hetero) is 1. The molecule has 0 aliphatic heterocycles. The van der Waals surface area contributed by atoms with E-state index < -0.39 is 5.82 Å². The first-order chi connectivity index (χ1) is 11.7. The van der Waals surface area contributed by atoms with Crippen LogP contribution in [0.2, 0.25) is 0 Å². The maximum absolute atomic E-state index is 13.4. The van der Waals surface area contributed by atoms with Crippen LogP contribution in [-0.4, -0.2) is 33.8 Å². The molecule has 1 N–H and O–H groups in total. The van der Waals surface area contributed by atoms with Gasteiger partial charge in [0, 0.05) is 6.42 Å². The number of halogens is 1. The van der Waals surface area contributed by atoms with Crippen molar-refractivity contribution in [2.45, 2.75) is 37.3 Å². The van der Waals surface area contributed by atoms with E-state index in [0.717, 1.165) is 12.2 Å². The molecule has 128 valence electrons. The van der Waals surface area contributed by atoms with Crippen molar-refractivity contribution < 1.29 is 13.9 Å². The number of aromatic amines is 1. The summed E-state index contributed by atoms with van der Waals surface area (Å²) in [5.74, 6) is 1.41. The zero-order valence-corrected chi connectivity index (χ0v) is 14.4. The highest BCUT2D eigenvalue weighted by atomic mass is 32.2. The fourth-order valence-corrected chi connectivity index (χ4v) is 3.73. The maximum atomic E-state index is 13.4. The monoisotopic (exact) mass is 349 g/mol. The topological polar surface area (TPSA) is 67.9 Å². The normalized spacial score (nSPS) is 14.9. The molecule has 0 spiro atoms. The van der Waals surface area contributed by atoms with Crippen LogP contribution < -0.4 is 4.74 Å². The molecule has 1 heterocycles. The predicted octanol–water partition coefficient (Wildman–Crippen LogP) is 3.66. The second-order valence-corrected chi connectivity index (χ2v) is 6.92. The van der Waals surface area contributed by atoms with Gasteiger partial charge in [0.25, 0.3) is 0 Å². The predicted molar refractivity (Wildman–Crippen MR) is 90.1 cm³/mol. The number of aromatic nitrogens is 3. The smallest absolute Gasteiger partial charge is 0.208 e. The van der Waals surface area contributed by atoms with Gasteiger partial charge in [-0.05, 0) is 24.1 Å². The van der Waals surface area contributed by atoms with Gasteiger partial charge in [0.2, 0.25) is 5.16 Å². The van der Waals surface area contributed by atoms with E-state index in [2.05, 4.69) is 15.2 Å². The summed E-state index contributed by atoms with van der Waals surface area (Å²) >= 11 is 1.25. The summed E-state index contributed by atoms with van der Waals surface area (Å²) in [7, 11) is 1.46. The molecule has 1 saturated carbocycles. The molecule has 1 aromatic carbocycles. The average molecular weight is 349 g/mol. The minimum Gasteiger partial charge on any atom is -0.496 e. The number of H-pyrrole nitrogens is 1. The van der Waals surface area contributed by atoms with Crippen LogP contribution in [0.5, 0.6) is 5.75 Å². The molecule has 1 aliphatic carbocycles. The number of hydrogen-bond acceptors (Lipinski definition) is 5. The van der Waals surface area contributed by atoms with Crippen molar-refractivity contribution in [2.75, 3.05) is 12.9 Å². The lowest BCUT2D eigenvalue weighted by atomic mass is 10.0. The molecule has 1 aliphatic rings. The third-order valence-electron chi connectivity index (χ3n) is 4.26. The van der Waals surface area contributed by atoms with E-state index in [9.17, 15) is 9.18 Å².